The summed E-state index contributed by atoms with van der Waals surface area (Å²) in [7, 11) is 0. The van der Waals surface area contributed by atoms with Gasteiger partial charge in [-0.15, -0.1) is 0 Å². The number of rotatable bonds is 4. The predicted octanol–water partition coefficient (Wildman–Crippen LogP) is 2.51. The van der Waals surface area contributed by atoms with Gasteiger partial charge in [0.05, 0.1) is 16.6 Å². The number of nitro groups is 1. The Bertz CT molecular complexity index is 733. The lowest BCUT2D eigenvalue weighted by Crippen LogP contribution is -2.13. The topological polar surface area (TPSA) is 115 Å². The summed E-state index contributed by atoms with van der Waals surface area (Å²) in [5, 5.41) is 18.1. The van der Waals surface area contributed by atoms with Crippen molar-refractivity contribution in [1.82, 2.24) is 4.98 Å². The number of pyridine rings is 1. The van der Waals surface area contributed by atoms with Gasteiger partial charge in [0.25, 0.3) is 5.69 Å². The van der Waals surface area contributed by atoms with E-state index in [1.54, 1.807) is 6.07 Å². The SMILES string of the molecule is Cc1cc(Oc2ncccc2C(=N)N)c(F)cc1[N+](=O)[O-]. The maximum Gasteiger partial charge on any atom is 0.275 e. The van der Waals surface area contributed by atoms with Gasteiger partial charge in [-0.2, -0.15) is 0 Å². The molecular weight excluding hydrogens is 279 g/mol. The van der Waals surface area contributed by atoms with E-state index in [2.05, 4.69) is 4.98 Å². The van der Waals surface area contributed by atoms with Crippen molar-refractivity contribution < 1.29 is 14.1 Å². The molecule has 0 atom stereocenters. The summed E-state index contributed by atoms with van der Waals surface area (Å²) in [5.74, 6) is -1.44. The van der Waals surface area contributed by atoms with Gasteiger partial charge >= 0.3 is 0 Å². The molecule has 0 aliphatic heterocycles. The largest absolute Gasteiger partial charge is 0.435 e. The summed E-state index contributed by atoms with van der Waals surface area (Å²) < 4.78 is 19.2. The van der Waals surface area contributed by atoms with E-state index in [0.717, 1.165) is 6.07 Å². The fraction of sp³-hybridized carbons (Fsp3) is 0.0769. The molecule has 0 aliphatic carbocycles. The van der Waals surface area contributed by atoms with E-state index in [0.29, 0.717) is 0 Å². The Balaban J connectivity index is 2.44. The minimum atomic E-state index is -0.896. The van der Waals surface area contributed by atoms with Crippen LogP contribution in [0.2, 0.25) is 0 Å². The van der Waals surface area contributed by atoms with Gasteiger partial charge in [-0.1, -0.05) is 0 Å². The Labute approximate surface area is 118 Å². The van der Waals surface area contributed by atoms with E-state index in [1.807, 2.05) is 0 Å². The molecule has 0 aliphatic rings. The molecule has 2 rings (SSSR count). The number of ether oxygens (including phenoxy) is 1. The molecule has 8 heteroatoms. The van der Waals surface area contributed by atoms with Crippen molar-refractivity contribution in [2.75, 3.05) is 0 Å². The second-order valence-corrected chi connectivity index (χ2v) is 4.20. The number of hydrogen-bond acceptors (Lipinski definition) is 5. The second kappa shape index (κ2) is 5.53. The van der Waals surface area contributed by atoms with Gasteiger partial charge in [0, 0.05) is 11.8 Å². The van der Waals surface area contributed by atoms with Crippen LogP contribution >= 0.6 is 0 Å². The number of nitro benzene ring substituents is 1. The number of aromatic nitrogens is 1. The summed E-state index contributed by atoms with van der Waals surface area (Å²) in [6.07, 6.45) is 1.40. The summed E-state index contributed by atoms with van der Waals surface area (Å²) in [5.41, 5.74) is 5.49. The molecule has 2 aromatic rings. The number of amidine groups is 1. The van der Waals surface area contributed by atoms with Crippen molar-refractivity contribution in [2.45, 2.75) is 6.92 Å². The highest BCUT2D eigenvalue weighted by molar-refractivity contribution is 5.97. The zero-order valence-electron chi connectivity index (χ0n) is 11.0. The number of benzene rings is 1. The summed E-state index contributed by atoms with van der Waals surface area (Å²) in [6, 6.07) is 5.04. The van der Waals surface area contributed by atoms with Crippen LogP contribution in [-0.4, -0.2) is 15.7 Å². The Morgan fingerprint density at radius 1 is 1.52 bits per heavy atom. The van der Waals surface area contributed by atoms with Gasteiger partial charge < -0.3 is 10.5 Å². The number of nitrogens with zero attached hydrogens (tertiary/aromatic N) is 2. The van der Waals surface area contributed by atoms with Gasteiger partial charge in [0.15, 0.2) is 11.6 Å². The van der Waals surface area contributed by atoms with E-state index < -0.39 is 10.7 Å². The first kappa shape index (κ1) is 14.4. The molecule has 0 unspecified atom stereocenters. The van der Waals surface area contributed by atoms with Gasteiger partial charge in [-0.05, 0) is 25.1 Å². The zero-order valence-corrected chi connectivity index (χ0v) is 11.0. The molecule has 0 radical (unpaired) electrons. The maximum absolute atomic E-state index is 13.9. The Morgan fingerprint density at radius 3 is 2.86 bits per heavy atom. The highest BCUT2D eigenvalue weighted by atomic mass is 19.1. The smallest absolute Gasteiger partial charge is 0.275 e. The van der Waals surface area contributed by atoms with Gasteiger partial charge in [0.1, 0.15) is 5.84 Å². The van der Waals surface area contributed by atoms with E-state index in [4.69, 9.17) is 15.9 Å². The van der Waals surface area contributed by atoms with Crippen molar-refractivity contribution in [2.24, 2.45) is 5.73 Å². The highest BCUT2D eigenvalue weighted by Crippen LogP contribution is 2.30. The molecule has 0 bridgehead atoms. The first-order valence-corrected chi connectivity index (χ1v) is 5.82. The molecule has 3 N–H and O–H groups in total. The van der Waals surface area contributed by atoms with Gasteiger partial charge in [-0.3, -0.25) is 15.5 Å². The first-order valence-electron chi connectivity index (χ1n) is 5.82. The lowest BCUT2D eigenvalue weighted by Gasteiger charge is -2.10. The summed E-state index contributed by atoms with van der Waals surface area (Å²) >= 11 is 0. The summed E-state index contributed by atoms with van der Waals surface area (Å²) in [6.45, 7) is 1.47. The number of hydrogen-bond donors (Lipinski definition) is 2. The van der Waals surface area contributed by atoms with Crippen molar-refractivity contribution >= 4 is 11.5 Å². The Hall–Kier alpha value is -3.03. The summed E-state index contributed by atoms with van der Waals surface area (Å²) in [4.78, 5) is 13.9. The van der Waals surface area contributed by atoms with Crippen LogP contribution in [0.4, 0.5) is 10.1 Å². The molecular formula is C13H11FN4O3. The number of aryl methyl sites for hydroxylation is 1. The molecule has 0 fully saturated rings. The van der Waals surface area contributed by atoms with Crippen LogP contribution < -0.4 is 10.5 Å². The monoisotopic (exact) mass is 290 g/mol. The van der Waals surface area contributed by atoms with E-state index in [9.17, 15) is 14.5 Å². The van der Waals surface area contributed by atoms with Crippen LogP contribution in [0.15, 0.2) is 30.5 Å². The lowest BCUT2D eigenvalue weighted by molar-refractivity contribution is -0.385. The lowest BCUT2D eigenvalue weighted by atomic mass is 10.2. The van der Waals surface area contributed by atoms with Crippen LogP contribution in [0.5, 0.6) is 11.6 Å². The van der Waals surface area contributed by atoms with Crippen molar-refractivity contribution in [3.8, 4) is 11.6 Å². The third kappa shape index (κ3) is 2.94. The van der Waals surface area contributed by atoms with Gasteiger partial charge in [0.2, 0.25) is 5.88 Å². The highest BCUT2D eigenvalue weighted by Gasteiger charge is 2.18. The molecule has 7 nitrogen and oxygen atoms in total. The Kier molecular flexibility index (Phi) is 3.79. The zero-order chi connectivity index (χ0) is 15.6. The first-order chi connectivity index (χ1) is 9.90. The average Bonchev–Trinajstić information content (AvgIpc) is 2.42. The third-order valence-electron chi connectivity index (χ3n) is 2.72. The van der Waals surface area contributed by atoms with Crippen LogP contribution in [0, 0.1) is 28.3 Å². The minimum Gasteiger partial charge on any atom is -0.435 e. The van der Waals surface area contributed by atoms with E-state index in [1.165, 1.54) is 25.3 Å². The van der Waals surface area contributed by atoms with Gasteiger partial charge in [-0.25, -0.2) is 9.37 Å². The fourth-order valence-electron chi connectivity index (χ4n) is 1.70. The molecule has 108 valence electrons. The molecule has 0 spiro atoms. The quantitative estimate of drug-likeness (QED) is 0.388. The van der Waals surface area contributed by atoms with Crippen molar-refractivity contribution in [3.63, 3.8) is 0 Å². The fourth-order valence-corrected chi connectivity index (χ4v) is 1.70. The van der Waals surface area contributed by atoms with Crippen LogP contribution in [0.25, 0.3) is 0 Å². The second-order valence-electron chi connectivity index (χ2n) is 4.20. The van der Waals surface area contributed by atoms with E-state index in [-0.39, 0.29) is 34.3 Å². The third-order valence-corrected chi connectivity index (χ3v) is 2.72. The maximum atomic E-state index is 13.9. The normalized spacial score (nSPS) is 10.2. The van der Waals surface area contributed by atoms with Crippen LogP contribution in [-0.2, 0) is 0 Å². The van der Waals surface area contributed by atoms with Crippen LogP contribution in [0.3, 0.4) is 0 Å². The van der Waals surface area contributed by atoms with Crippen molar-refractivity contribution in [3.05, 3.63) is 57.5 Å². The van der Waals surface area contributed by atoms with Crippen LogP contribution in [0.1, 0.15) is 11.1 Å². The number of nitrogen functional groups attached to an aromatic ring is 1. The molecule has 1 aromatic carbocycles. The van der Waals surface area contributed by atoms with Crippen molar-refractivity contribution in [1.29, 1.82) is 5.41 Å². The predicted molar refractivity (Wildman–Crippen MR) is 73.1 cm³/mol. The molecule has 0 saturated carbocycles. The Morgan fingerprint density at radius 2 is 2.24 bits per heavy atom. The average molecular weight is 290 g/mol. The molecule has 0 amide bonds. The molecule has 0 saturated heterocycles. The minimum absolute atomic E-state index is 0.0443. The molecule has 1 aromatic heterocycles. The number of nitrogens with one attached hydrogen (secondary N) is 1. The number of halogens is 1. The van der Waals surface area contributed by atoms with E-state index >= 15 is 0 Å². The standard InChI is InChI=1S/C13H11FN4O3/c1-7-5-11(9(14)6-10(7)18(19)20)21-13-8(12(15)16)3-2-4-17-13/h2-6H,1H3,(H3,15,16). The molecule has 21 heavy (non-hydrogen) atoms. The number of nitrogens with two attached hydrogens (primary N) is 1. The molecule has 1 heterocycles.